The van der Waals surface area contributed by atoms with Gasteiger partial charge in [-0.3, -0.25) is 9.48 Å². The smallest absolute Gasteiger partial charge is 0.224 e. The zero-order valence-electron chi connectivity index (χ0n) is 13.4. The number of carbonyl (C=O) groups excluding carboxylic acids is 1. The van der Waals surface area contributed by atoms with Crippen LogP contribution in [0, 0.1) is 0 Å². The Kier molecular flexibility index (Phi) is 5.69. The number of hydrogen-bond donors (Lipinski definition) is 1. The Balaban J connectivity index is 1.47. The molecule has 1 aromatic carbocycles. The zero-order chi connectivity index (χ0) is 16.8. The van der Waals surface area contributed by atoms with Crippen LogP contribution in [0.1, 0.15) is 38.5 Å². The Labute approximate surface area is 146 Å². The van der Waals surface area contributed by atoms with E-state index < -0.39 is 0 Å². The number of nitrogens with zero attached hydrogens (tertiary/aromatic N) is 3. The molecule has 0 radical (unpaired) electrons. The summed E-state index contributed by atoms with van der Waals surface area (Å²) < 4.78 is 7.62. The van der Waals surface area contributed by atoms with Crippen molar-refractivity contribution >= 4 is 23.2 Å². The second kappa shape index (κ2) is 8.15. The number of hydrogen-bond acceptors (Lipinski definition) is 4. The maximum Gasteiger partial charge on any atom is 0.224 e. The molecule has 0 bridgehead atoms. The van der Waals surface area contributed by atoms with E-state index in [4.69, 9.17) is 16.3 Å². The molecule has 1 N–H and O–H groups in total. The number of benzene rings is 1. The summed E-state index contributed by atoms with van der Waals surface area (Å²) >= 11 is 6.27. The molecule has 1 aromatic heterocycles. The molecule has 1 heterocycles. The summed E-state index contributed by atoms with van der Waals surface area (Å²) in [6, 6.07) is 5.39. The van der Waals surface area contributed by atoms with Crippen molar-refractivity contribution in [2.45, 2.75) is 51.2 Å². The summed E-state index contributed by atoms with van der Waals surface area (Å²) in [5.74, 6) is 0.642. The number of aromatic nitrogens is 3. The van der Waals surface area contributed by atoms with Crippen LogP contribution in [0.15, 0.2) is 30.9 Å². The van der Waals surface area contributed by atoms with E-state index in [1.54, 1.807) is 17.1 Å². The highest BCUT2D eigenvalue weighted by atomic mass is 35.5. The van der Waals surface area contributed by atoms with E-state index >= 15 is 0 Å². The van der Waals surface area contributed by atoms with Gasteiger partial charge in [0, 0.05) is 18.7 Å². The summed E-state index contributed by atoms with van der Waals surface area (Å²) in [5.41, 5.74) is 0.685. The third-order valence-electron chi connectivity index (χ3n) is 4.07. The molecule has 0 unspecified atom stereocenters. The first kappa shape index (κ1) is 16.8. The van der Waals surface area contributed by atoms with Gasteiger partial charge in [0.05, 0.1) is 11.1 Å². The lowest BCUT2D eigenvalue weighted by Gasteiger charge is -2.15. The van der Waals surface area contributed by atoms with E-state index in [-0.39, 0.29) is 12.0 Å². The number of ether oxygens (including phenoxy) is 1. The monoisotopic (exact) mass is 348 g/mol. The van der Waals surface area contributed by atoms with Crippen LogP contribution in [0.25, 0.3) is 0 Å². The van der Waals surface area contributed by atoms with Crippen LogP contribution in [-0.4, -0.2) is 26.8 Å². The topological polar surface area (TPSA) is 69.0 Å². The minimum atomic E-state index is -0.0457. The largest absolute Gasteiger partial charge is 0.489 e. The van der Waals surface area contributed by atoms with Crippen LogP contribution in [-0.2, 0) is 11.3 Å². The molecule has 1 aliphatic carbocycles. The average molecular weight is 349 g/mol. The summed E-state index contributed by atoms with van der Waals surface area (Å²) in [6.07, 6.45) is 9.10. The first-order valence-corrected chi connectivity index (χ1v) is 8.67. The highest BCUT2D eigenvalue weighted by molar-refractivity contribution is 6.32. The van der Waals surface area contributed by atoms with Crippen LogP contribution in [0.2, 0.25) is 5.02 Å². The number of carbonyl (C=O) groups is 1. The van der Waals surface area contributed by atoms with Crippen molar-refractivity contribution in [3.05, 3.63) is 35.9 Å². The average Bonchev–Trinajstić information content (AvgIpc) is 3.23. The maximum absolute atomic E-state index is 12.0. The van der Waals surface area contributed by atoms with Gasteiger partial charge in [0.15, 0.2) is 0 Å². The van der Waals surface area contributed by atoms with Crippen molar-refractivity contribution in [1.29, 1.82) is 0 Å². The molecule has 0 spiro atoms. The molecule has 1 amide bonds. The lowest BCUT2D eigenvalue weighted by Crippen LogP contribution is -2.13. The first-order chi connectivity index (χ1) is 11.7. The predicted octanol–water partition coefficient (Wildman–Crippen LogP) is 3.67. The molecular formula is C17H21ClN4O2. The molecular weight excluding hydrogens is 328 g/mol. The Morgan fingerprint density at radius 3 is 2.92 bits per heavy atom. The molecule has 0 atom stereocenters. The molecule has 6 nitrogen and oxygen atoms in total. The normalized spacial score (nSPS) is 14.7. The molecule has 3 rings (SSSR count). The van der Waals surface area contributed by atoms with Crippen LogP contribution < -0.4 is 10.1 Å². The Morgan fingerprint density at radius 2 is 2.21 bits per heavy atom. The minimum absolute atomic E-state index is 0.0457. The molecule has 128 valence electrons. The summed E-state index contributed by atoms with van der Waals surface area (Å²) in [7, 11) is 0. The number of nitrogens with one attached hydrogen (secondary N) is 1. The maximum atomic E-state index is 12.0. The van der Waals surface area contributed by atoms with E-state index in [9.17, 15) is 4.79 Å². The quantitative estimate of drug-likeness (QED) is 0.828. The summed E-state index contributed by atoms with van der Waals surface area (Å²) in [6.45, 7) is 0.669. The first-order valence-electron chi connectivity index (χ1n) is 8.29. The van der Waals surface area contributed by atoms with Crippen LogP contribution >= 0.6 is 11.6 Å². The molecule has 24 heavy (non-hydrogen) atoms. The van der Waals surface area contributed by atoms with Gasteiger partial charge in [-0.05, 0) is 50.3 Å². The summed E-state index contributed by atoms with van der Waals surface area (Å²) in [5, 5.41) is 7.39. The van der Waals surface area contributed by atoms with Gasteiger partial charge < -0.3 is 10.1 Å². The van der Waals surface area contributed by atoms with E-state index in [1.165, 1.54) is 19.2 Å². The molecule has 2 aromatic rings. The zero-order valence-corrected chi connectivity index (χ0v) is 14.2. The number of amides is 1. The van der Waals surface area contributed by atoms with Crippen molar-refractivity contribution in [3.63, 3.8) is 0 Å². The van der Waals surface area contributed by atoms with Crippen molar-refractivity contribution < 1.29 is 9.53 Å². The van der Waals surface area contributed by atoms with Gasteiger partial charge >= 0.3 is 0 Å². The Hall–Kier alpha value is -2.08. The lowest BCUT2D eigenvalue weighted by molar-refractivity contribution is -0.116. The van der Waals surface area contributed by atoms with Gasteiger partial charge in [0.1, 0.15) is 18.4 Å². The van der Waals surface area contributed by atoms with Crippen molar-refractivity contribution in [2.24, 2.45) is 0 Å². The van der Waals surface area contributed by atoms with Crippen molar-refractivity contribution in [1.82, 2.24) is 14.8 Å². The molecule has 7 heteroatoms. The van der Waals surface area contributed by atoms with Crippen LogP contribution in [0.4, 0.5) is 5.69 Å². The Morgan fingerprint density at radius 1 is 1.38 bits per heavy atom. The molecule has 0 saturated heterocycles. The van der Waals surface area contributed by atoms with E-state index in [2.05, 4.69) is 15.4 Å². The van der Waals surface area contributed by atoms with Crippen LogP contribution in [0.5, 0.6) is 5.75 Å². The van der Waals surface area contributed by atoms with Crippen molar-refractivity contribution in [3.8, 4) is 5.75 Å². The minimum Gasteiger partial charge on any atom is -0.489 e. The van der Waals surface area contributed by atoms with Gasteiger partial charge in [-0.1, -0.05) is 11.6 Å². The highest BCUT2D eigenvalue weighted by Crippen LogP contribution is 2.31. The van der Waals surface area contributed by atoms with E-state index in [0.717, 1.165) is 12.8 Å². The second-order valence-corrected chi connectivity index (χ2v) is 6.39. The molecule has 1 aliphatic rings. The van der Waals surface area contributed by atoms with E-state index in [0.29, 0.717) is 35.8 Å². The van der Waals surface area contributed by atoms with E-state index in [1.807, 2.05) is 12.1 Å². The fourth-order valence-corrected chi connectivity index (χ4v) is 3.06. The standard InChI is InChI=1S/C17H21ClN4O2/c18-15-10-13(7-8-16(15)24-14-4-1-2-5-14)21-17(23)6-3-9-22-12-19-11-20-22/h7-8,10-12,14H,1-6,9H2,(H,21,23). The molecule has 1 fully saturated rings. The molecule has 1 saturated carbocycles. The van der Waals surface area contributed by atoms with Gasteiger partial charge in [0.2, 0.25) is 5.91 Å². The fraction of sp³-hybridized carbons (Fsp3) is 0.471. The third-order valence-corrected chi connectivity index (χ3v) is 4.36. The van der Waals surface area contributed by atoms with Gasteiger partial charge in [0.25, 0.3) is 0 Å². The lowest BCUT2D eigenvalue weighted by atomic mass is 10.2. The highest BCUT2D eigenvalue weighted by Gasteiger charge is 2.17. The number of aryl methyl sites for hydroxylation is 1. The second-order valence-electron chi connectivity index (χ2n) is 5.98. The number of rotatable bonds is 7. The summed E-state index contributed by atoms with van der Waals surface area (Å²) in [4.78, 5) is 15.9. The number of anilines is 1. The third kappa shape index (κ3) is 4.71. The SMILES string of the molecule is O=C(CCCn1cncn1)Nc1ccc(OC2CCCC2)c(Cl)c1. The van der Waals surface area contributed by atoms with Gasteiger partial charge in [-0.2, -0.15) is 5.10 Å². The molecule has 0 aliphatic heterocycles. The van der Waals surface area contributed by atoms with Crippen LogP contribution in [0.3, 0.4) is 0 Å². The van der Waals surface area contributed by atoms with Gasteiger partial charge in [-0.25, -0.2) is 4.98 Å². The predicted molar refractivity (Wildman–Crippen MR) is 92.2 cm³/mol. The Bertz CT molecular complexity index is 669. The van der Waals surface area contributed by atoms with Crippen molar-refractivity contribution in [2.75, 3.05) is 5.32 Å². The number of halogens is 1. The fourth-order valence-electron chi connectivity index (χ4n) is 2.83. The van der Waals surface area contributed by atoms with Gasteiger partial charge in [-0.15, -0.1) is 0 Å².